The number of sulfonamides is 1. The molecule has 2 rings (SSSR count). The number of halogens is 1. The third-order valence-electron chi connectivity index (χ3n) is 3.95. The van der Waals surface area contributed by atoms with Gasteiger partial charge in [-0.15, -0.1) is 15.6 Å². The van der Waals surface area contributed by atoms with Crippen LogP contribution in [-0.2, 0) is 14.8 Å². The first-order valence-electron chi connectivity index (χ1n) is 7.39. The lowest BCUT2D eigenvalue weighted by atomic mass is 9.94. The summed E-state index contributed by atoms with van der Waals surface area (Å²) in [5.41, 5.74) is 0.226. The van der Waals surface area contributed by atoms with Gasteiger partial charge in [-0.1, -0.05) is 17.7 Å². The van der Waals surface area contributed by atoms with E-state index in [4.69, 9.17) is 11.6 Å². The standard InChI is InChI=1S/C16H21ClN2O3S/c1-10-6-8-13(9-7-10)23(21,22)19-14(12(3)20)16(4,5)18-15(19)11(2)17/h6-9,11,14H,1-5H3/p+1/t11-,14+/m0/s1. The summed E-state index contributed by atoms with van der Waals surface area (Å²) < 4.78 is 27.4. The molecule has 1 aromatic rings. The summed E-state index contributed by atoms with van der Waals surface area (Å²) in [7, 11) is -3.89. The van der Waals surface area contributed by atoms with Gasteiger partial charge in [0.2, 0.25) is 6.04 Å². The smallest absolute Gasteiger partial charge is 0.295 e. The number of amidine groups is 1. The number of Topliss-reactive ketones (excluding diaryl/α,β-unsaturated/α-hetero) is 1. The Morgan fingerprint density at radius 3 is 2.26 bits per heavy atom. The molecule has 0 aromatic heterocycles. The van der Waals surface area contributed by atoms with Crippen molar-refractivity contribution in [3.8, 4) is 0 Å². The molecule has 23 heavy (non-hydrogen) atoms. The van der Waals surface area contributed by atoms with Crippen LogP contribution < -0.4 is 5.32 Å². The summed E-state index contributed by atoms with van der Waals surface area (Å²) >= 11 is 6.18. The van der Waals surface area contributed by atoms with Gasteiger partial charge in [-0.25, -0.2) is 0 Å². The number of ketones is 1. The number of hydrogen-bond donors (Lipinski definition) is 1. The molecule has 1 aliphatic rings. The minimum atomic E-state index is -3.89. The molecule has 7 heteroatoms. The van der Waals surface area contributed by atoms with Crippen LogP contribution in [0, 0.1) is 6.92 Å². The second-order valence-electron chi connectivity index (χ2n) is 6.48. The van der Waals surface area contributed by atoms with Crippen LogP contribution in [0.25, 0.3) is 0 Å². The molecule has 0 amide bonds. The van der Waals surface area contributed by atoms with Crippen molar-refractivity contribution in [2.75, 3.05) is 0 Å². The molecule has 0 saturated carbocycles. The molecule has 0 unspecified atom stereocenters. The Labute approximate surface area is 142 Å². The summed E-state index contributed by atoms with van der Waals surface area (Å²) in [5, 5.41) is 2.54. The van der Waals surface area contributed by atoms with Crippen LogP contribution in [0.1, 0.15) is 33.3 Å². The highest BCUT2D eigenvalue weighted by Gasteiger charge is 2.55. The van der Waals surface area contributed by atoms with Crippen molar-refractivity contribution in [1.82, 2.24) is 5.32 Å². The molecular weight excluding hydrogens is 336 g/mol. The van der Waals surface area contributed by atoms with Crippen LogP contribution in [0.5, 0.6) is 0 Å². The molecule has 1 N–H and O–H groups in total. The van der Waals surface area contributed by atoms with Crippen molar-refractivity contribution in [2.45, 2.75) is 56.5 Å². The first-order chi connectivity index (χ1) is 10.5. The van der Waals surface area contributed by atoms with E-state index in [1.54, 1.807) is 45.0 Å². The average molecular weight is 358 g/mol. The lowest BCUT2D eigenvalue weighted by Gasteiger charge is -2.21. The van der Waals surface area contributed by atoms with E-state index < -0.39 is 27.0 Å². The van der Waals surface area contributed by atoms with Gasteiger partial charge < -0.3 is 0 Å². The highest BCUT2D eigenvalue weighted by atomic mass is 35.5. The number of benzene rings is 1. The molecule has 2 atom stereocenters. The van der Waals surface area contributed by atoms with E-state index in [2.05, 4.69) is 5.32 Å². The monoisotopic (exact) mass is 357 g/mol. The molecule has 0 spiro atoms. The third-order valence-corrected chi connectivity index (χ3v) is 5.95. The second-order valence-corrected chi connectivity index (χ2v) is 8.94. The number of hydrogen-bond acceptors (Lipinski definition) is 4. The number of rotatable bonds is 4. The topological polar surface area (TPSA) is 66.2 Å². The molecular formula is C16H22ClN2O3S+. The minimum Gasteiger partial charge on any atom is -0.295 e. The molecule has 0 aliphatic carbocycles. The first kappa shape index (κ1) is 17.9. The van der Waals surface area contributed by atoms with Crippen LogP contribution in [0.4, 0.5) is 0 Å². The molecule has 0 radical (unpaired) electrons. The fourth-order valence-electron chi connectivity index (χ4n) is 2.93. The number of alkyl halides is 1. The van der Waals surface area contributed by atoms with Gasteiger partial charge >= 0.3 is 10.0 Å². The van der Waals surface area contributed by atoms with Crippen LogP contribution in [0.15, 0.2) is 29.2 Å². The Kier molecular flexibility index (Phi) is 4.61. The van der Waals surface area contributed by atoms with E-state index in [1.807, 2.05) is 6.92 Å². The maximum atomic E-state index is 13.1. The fraction of sp³-hybridized carbons (Fsp3) is 0.500. The Morgan fingerprint density at radius 1 is 1.30 bits per heavy atom. The van der Waals surface area contributed by atoms with E-state index in [0.29, 0.717) is 5.84 Å². The molecule has 1 aliphatic heterocycles. The molecule has 1 aromatic carbocycles. The number of nitrogens with zero attached hydrogens (tertiary/aromatic N) is 1. The van der Waals surface area contributed by atoms with Gasteiger partial charge in [0.1, 0.15) is 15.8 Å². The van der Waals surface area contributed by atoms with Crippen molar-refractivity contribution < 1.29 is 17.2 Å². The molecule has 0 bridgehead atoms. The Balaban J connectivity index is 2.70. The van der Waals surface area contributed by atoms with Crippen molar-refractivity contribution in [1.29, 1.82) is 0 Å². The third kappa shape index (κ3) is 3.15. The quantitative estimate of drug-likeness (QED) is 0.661. The number of aryl methyl sites for hydroxylation is 1. The van der Waals surface area contributed by atoms with E-state index >= 15 is 0 Å². The summed E-state index contributed by atoms with van der Waals surface area (Å²) in [6.45, 7) is 8.55. The van der Waals surface area contributed by atoms with Crippen LogP contribution in [0.3, 0.4) is 0 Å². The highest BCUT2D eigenvalue weighted by molar-refractivity contribution is 7.85. The van der Waals surface area contributed by atoms with Crippen LogP contribution in [-0.4, -0.2) is 41.0 Å². The lowest BCUT2D eigenvalue weighted by molar-refractivity contribution is -0.399. The largest absolute Gasteiger partial charge is 0.331 e. The van der Waals surface area contributed by atoms with Gasteiger partial charge in [0.15, 0.2) is 5.78 Å². The normalized spacial score (nSPS) is 21.9. The van der Waals surface area contributed by atoms with Crippen molar-refractivity contribution in [2.24, 2.45) is 0 Å². The lowest BCUT2D eigenvalue weighted by Crippen LogP contribution is -2.50. The van der Waals surface area contributed by atoms with Gasteiger partial charge in [0.05, 0.1) is 0 Å². The fourth-order valence-corrected chi connectivity index (χ4v) is 5.00. The maximum Gasteiger partial charge on any atom is 0.331 e. The first-order valence-corrected chi connectivity index (χ1v) is 9.27. The maximum absolute atomic E-state index is 13.1. The SMILES string of the molecule is CC(=O)[C@H]1[N+](S(=O)(=O)c2ccc(C)cc2)=C([C@H](C)Cl)NC1(C)C. The molecule has 1 heterocycles. The predicted molar refractivity (Wildman–Crippen MR) is 90.6 cm³/mol. The Hall–Kier alpha value is -1.40. The molecule has 5 nitrogen and oxygen atoms in total. The highest BCUT2D eigenvalue weighted by Crippen LogP contribution is 2.27. The predicted octanol–water partition coefficient (Wildman–Crippen LogP) is 2.06. The van der Waals surface area contributed by atoms with Crippen LogP contribution >= 0.6 is 11.6 Å². The van der Waals surface area contributed by atoms with Crippen molar-refractivity contribution in [3.63, 3.8) is 0 Å². The zero-order valence-electron chi connectivity index (χ0n) is 13.9. The molecule has 0 saturated heterocycles. The number of nitrogens with one attached hydrogen (secondary N) is 1. The summed E-state index contributed by atoms with van der Waals surface area (Å²) in [4.78, 5) is 12.3. The number of carbonyl (C=O) groups excluding carboxylic acids is 1. The van der Waals surface area contributed by atoms with Gasteiger partial charge in [0, 0.05) is 0 Å². The van der Waals surface area contributed by atoms with Crippen molar-refractivity contribution in [3.05, 3.63) is 29.8 Å². The van der Waals surface area contributed by atoms with E-state index in [9.17, 15) is 13.2 Å². The average Bonchev–Trinajstić information content (AvgIpc) is 2.72. The molecule has 0 fully saturated rings. The number of carbonyl (C=O) groups is 1. The summed E-state index contributed by atoms with van der Waals surface area (Å²) in [6.07, 6.45) is 0. The van der Waals surface area contributed by atoms with Gasteiger partial charge in [-0.3, -0.25) is 10.1 Å². The van der Waals surface area contributed by atoms with E-state index in [0.717, 1.165) is 9.54 Å². The zero-order valence-corrected chi connectivity index (χ0v) is 15.5. The van der Waals surface area contributed by atoms with Crippen molar-refractivity contribution >= 4 is 33.2 Å². The Bertz CT molecular complexity index is 765. The molecule has 126 valence electrons. The van der Waals surface area contributed by atoms with E-state index in [-0.39, 0.29) is 10.7 Å². The Morgan fingerprint density at radius 2 is 1.83 bits per heavy atom. The summed E-state index contributed by atoms with van der Waals surface area (Å²) in [6, 6.07) is 5.71. The van der Waals surface area contributed by atoms with Crippen LogP contribution in [0.2, 0.25) is 0 Å². The second kappa shape index (κ2) is 5.91. The summed E-state index contributed by atoms with van der Waals surface area (Å²) in [5.74, 6) is 0.0999. The van der Waals surface area contributed by atoms with Gasteiger partial charge in [-0.05, 0) is 46.8 Å². The zero-order chi connectivity index (χ0) is 17.6. The van der Waals surface area contributed by atoms with Gasteiger partial charge in [0.25, 0.3) is 5.84 Å². The minimum absolute atomic E-state index is 0.142. The van der Waals surface area contributed by atoms with E-state index in [1.165, 1.54) is 6.92 Å². The van der Waals surface area contributed by atoms with Gasteiger partial charge in [-0.2, -0.15) is 8.42 Å².